The number of aromatic amines is 1. The fourth-order valence-corrected chi connectivity index (χ4v) is 1.44. The van der Waals surface area contributed by atoms with Gasteiger partial charge in [0.15, 0.2) is 5.16 Å². The highest BCUT2D eigenvalue weighted by molar-refractivity contribution is 8.00. The van der Waals surface area contributed by atoms with Crippen molar-refractivity contribution in [3.63, 3.8) is 0 Å². The van der Waals surface area contributed by atoms with E-state index in [4.69, 9.17) is 5.11 Å². The van der Waals surface area contributed by atoms with Gasteiger partial charge in [-0.3, -0.25) is 9.89 Å². The summed E-state index contributed by atoms with van der Waals surface area (Å²) in [7, 11) is 0. The molecule has 0 aromatic carbocycles. The number of H-pyrrole nitrogens is 1. The van der Waals surface area contributed by atoms with Crippen molar-refractivity contribution in [1.29, 1.82) is 0 Å². The van der Waals surface area contributed by atoms with Crippen molar-refractivity contribution < 1.29 is 9.90 Å². The van der Waals surface area contributed by atoms with E-state index in [1.807, 2.05) is 6.92 Å². The Hall–Kier alpha value is -1.04. The summed E-state index contributed by atoms with van der Waals surface area (Å²) in [4.78, 5) is 14.4. The van der Waals surface area contributed by atoms with Gasteiger partial charge in [-0.2, -0.15) is 5.10 Å². The highest BCUT2D eigenvalue weighted by Gasteiger charge is 2.17. The maximum absolute atomic E-state index is 10.6. The Morgan fingerprint density at radius 1 is 1.92 bits per heavy atom. The molecule has 0 aliphatic carbocycles. The van der Waals surface area contributed by atoms with Crippen LogP contribution in [0.1, 0.15) is 13.3 Å². The number of nitrogens with one attached hydrogen (secondary N) is 1. The molecule has 0 spiro atoms. The zero-order chi connectivity index (χ0) is 8.97. The Morgan fingerprint density at radius 3 is 3.08 bits per heavy atom. The van der Waals surface area contributed by atoms with Crippen LogP contribution in [0.3, 0.4) is 0 Å². The standard InChI is InChI=1S/C6H9N3O2S/c1-2-4(5(10)11)12-6-7-3-8-9-6/h3-4H,2H2,1H3,(H,10,11)(H,7,8,9)/t4-/m1/s1. The molecule has 6 heteroatoms. The molecule has 0 saturated carbocycles. The van der Waals surface area contributed by atoms with E-state index >= 15 is 0 Å². The van der Waals surface area contributed by atoms with Gasteiger partial charge >= 0.3 is 5.97 Å². The number of carboxylic acid groups (broad SMARTS) is 1. The summed E-state index contributed by atoms with van der Waals surface area (Å²) in [6.45, 7) is 1.82. The molecule has 0 aliphatic heterocycles. The summed E-state index contributed by atoms with van der Waals surface area (Å²) in [5.41, 5.74) is 0. The molecule has 1 rings (SSSR count). The first-order chi connectivity index (χ1) is 5.74. The number of aromatic nitrogens is 3. The van der Waals surface area contributed by atoms with Crippen LogP contribution in [0.5, 0.6) is 0 Å². The number of rotatable bonds is 4. The highest BCUT2D eigenvalue weighted by atomic mass is 32.2. The maximum atomic E-state index is 10.6. The third-order valence-electron chi connectivity index (χ3n) is 1.29. The van der Waals surface area contributed by atoms with Crippen molar-refractivity contribution in [3.05, 3.63) is 6.33 Å². The molecule has 12 heavy (non-hydrogen) atoms. The van der Waals surface area contributed by atoms with E-state index in [9.17, 15) is 4.79 Å². The van der Waals surface area contributed by atoms with Crippen molar-refractivity contribution in [1.82, 2.24) is 15.2 Å². The quantitative estimate of drug-likeness (QED) is 0.680. The second-order valence-corrected chi connectivity index (χ2v) is 3.34. The van der Waals surface area contributed by atoms with Crippen LogP contribution < -0.4 is 0 Å². The molecular formula is C6H9N3O2S. The Bertz CT molecular complexity index is 249. The zero-order valence-electron chi connectivity index (χ0n) is 6.52. The maximum Gasteiger partial charge on any atom is 0.317 e. The predicted molar refractivity (Wildman–Crippen MR) is 44.0 cm³/mol. The van der Waals surface area contributed by atoms with Gasteiger partial charge in [-0.25, -0.2) is 4.98 Å². The number of aliphatic carboxylic acids is 1. The molecule has 0 aliphatic rings. The Labute approximate surface area is 73.6 Å². The van der Waals surface area contributed by atoms with Crippen molar-refractivity contribution in [2.45, 2.75) is 23.8 Å². The van der Waals surface area contributed by atoms with Gasteiger partial charge in [0.1, 0.15) is 11.6 Å². The molecule has 2 N–H and O–H groups in total. The Balaban J connectivity index is 2.54. The van der Waals surface area contributed by atoms with E-state index < -0.39 is 11.2 Å². The van der Waals surface area contributed by atoms with Crippen LogP contribution in [0, 0.1) is 0 Å². The minimum absolute atomic E-state index is 0.446. The van der Waals surface area contributed by atoms with Crippen molar-refractivity contribution in [3.8, 4) is 0 Å². The molecule has 0 saturated heterocycles. The van der Waals surface area contributed by atoms with E-state index in [1.165, 1.54) is 18.1 Å². The topological polar surface area (TPSA) is 78.9 Å². The van der Waals surface area contributed by atoms with Crippen LogP contribution in [0.25, 0.3) is 0 Å². The first-order valence-corrected chi connectivity index (χ1v) is 4.36. The first kappa shape index (κ1) is 9.05. The predicted octanol–water partition coefficient (Wildman–Crippen LogP) is 0.760. The third-order valence-corrected chi connectivity index (χ3v) is 2.53. The van der Waals surface area contributed by atoms with Gasteiger partial charge in [0.05, 0.1) is 0 Å². The second-order valence-electron chi connectivity index (χ2n) is 2.14. The van der Waals surface area contributed by atoms with Crippen molar-refractivity contribution in [2.75, 3.05) is 0 Å². The van der Waals surface area contributed by atoms with Crippen LogP contribution in [-0.4, -0.2) is 31.5 Å². The fourth-order valence-electron chi connectivity index (χ4n) is 0.694. The SMILES string of the molecule is CC[C@@H](Sc1ncn[nH]1)C(=O)O. The van der Waals surface area contributed by atoms with E-state index in [0.717, 1.165) is 0 Å². The lowest BCUT2D eigenvalue weighted by Crippen LogP contribution is -2.14. The second kappa shape index (κ2) is 4.10. The van der Waals surface area contributed by atoms with E-state index in [1.54, 1.807) is 0 Å². The van der Waals surface area contributed by atoms with Crippen molar-refractivity contribution in [2.24, 2.45) is 0 Å². The summed E-state index contributed by atoms with van der Waals surface area (Å²) < 4.78 is 0. The summed E-state index contributed by atoms with van der Waals surface area (Å²) in [6.07, 6.45) is 1.93. The normalized spacial score (nSPS) is 12.8. The molecule has 1 aromatic heterocycles. The van der Waals surface area contributed by atoms with Crippen LogP contribution in [0.2, 0.25) is 0 Å². The summed E-state index contributed by atoms with van der Waals surface area (Å²) in [5.74, 6) is -0.820. The van der Waals surface area contributed by atoms with E-state index in [-0.39, 0.29) is 0 Å². The third kappa shape index (κ3) is 2.23. The van der Waals surface area contributed by atoms with Gasteiger partial charge in [-0.05, 0) is 6.42 Å². The minimum atomic E-state index is -0.820. The lowest BCUT2D eigenvalue weighted by atomic mass is 10.3. The van der Waals surface area contributed by atoms with Gasteiger partial charge in [-0.15, -0.1) is 0 Å². The number of hydrogen-bond acceptors (Lipinski definition) is 4. The van der Waals surface area contributed by atoms with Crippen LogP contribution in [-0.2, 0) is 4.79 Å². The first-order valence-electron chi connectivity index (χ1n) is 3.49. The molecule has 1 aromatic rings. The number of thioether (sulfide) groups is 1. The minimum Gasteiger partial charge on any atom is -0.480 e. The van der Waals surface area contributed by atoms with E-state index in [0.29, 0.717) is 11.6 Å². The number of nitrogens with zero attached hydrogens (tertiary/aromatic N) is 2. The number of carbonyl (C=O) groups is 1. The highest BCUT2D eigenvalue weighted by Crippen LogP contribution is 2.20. The van der Waals surface area contributed by atoms with Gasteiger partial charge in [-0.1, -0.05) is 18.7 Å². The fraction of sp³-hybridized carbons (Fsp3) is 0.500. The lowest BCUT2D eigenvalue weighted by Gasteiger charge is -2.04. The molecule has 66 valence electrons. The smallest absolute Gasteiger partial charge is 0.317 e. The van der Waals surface area contributed by atoms with Gasteiger partial charge in [0.2, 0.25) is 0 Å². The molecule has 0 amide bonds. The Kier molecular flexibility index (Phi) is 3.09. The molecule has 0 fully saturated rings. The van der Waals surface area contributed by atoms with Gasteiger partial charge in [0, 0.05) is 0 Å². The number of carboxylic acids is 1. The number of hydrogen-bond donors (Lipinski definition) is 2. The van der Waals surface area contributed by atoms with Gasteiger partial charge < -0.3 is 5.11 Å². The molecule has 1 heterocycles. The summed E-state index contributed by atoms with van der Waals surface area (Å²) in [5, 5.41) is 15.0. The molecule has 0 unspecified atom stereocenters. The monoisotopic (exact) mass is 187 g/mol. The molecule has 0 bridgehead atoms. The molecule has 1 atom stereocenters. The van der Waals surface area contributed by atoms with Crippen LogP contribution in [0.4, 0.5) is 0 Å². The average Bonchev–Trinajstić information content (AvgIpc) is 2.51. The molecule has 5 nitrogen and oxygen atoms in total. The molecular weight excluding hydrogens is 178 g/mol. The van der Waals surface area contributed by atoms with E-state index in [2.05, 4.69) is 15.2 Å². The van der Waals surface area contributed by atoms with Crippen LogP contribution >= 0.6 is 11.8 Å². The van der Waals surface area contributed by atoms with Crippen LogP contribution in [0.15, 0.2) is 11.5 Å². The largest absolute Gasteiger partial charge is 0.480 e. The zero-order valence-corrected chi connectivity index (χ0v) is 7.34. The average molecular weight is 187 g/mol. The lowest BCUT2D eigenvalue weighted by molar-refractivity contribution is -0.136. The summed E-state index contributed by atoms with van der Waals surface area (Å²) in [6, 6.07) is 0. The van der Waals surface area contributed by atoms with Gasteiger partial charge in [0.25, 0.3) is 0 Å². The van der Waals surface area contributed by atoms with Crippen molar-refractivity contribution >= 4 is 17.7 Å². The Morgan fingerprint density at radius 2 is 2.67 bits per heavy atom. The molecule has 0 radical (unpaired) electrons. The summed E-state index contributed by atoms with van der Waals surface area (Å²) >= 11 is 1.17.